The molecule has 286 valence electrons. The summed E-state index contributed by atoms with van der Waals surface area (Å²) in [6.45, 7) is 11.6. The van der Waals surface area contributed by atoms with Gasteiger partial charge >= 0.3 is 5.97 Å². The number of allylic oxidation sites excluding steroid dienone is 1. The van der Waals surface area contributed by atoms with E-state index >= 15 is 0 Å². The average molecular weight is 712 g/mol. The maximum atomic E-state index is 13.4. The van der Waals surface area contributed by atoms with Gasteiger partial charge in [-0.15, -0.1) is 0 Å². The Balaban J connectivity index is 1.56. The number of hydrogen-bond acceptors (Lipinski definition) is 13. The van der Waals surface area contributed by atoms with Gasteiger partial charge in [0.2, 0.25) is 0 Å². The number of esters is 1. The van der Waals surface area contributed by atoms with Gasteiger partial charge in [-0.25, -0.2) is 4.79 Å². The molecule has 13 heteroatoms. The molecule has 0 bridgehead atoms. The SMILES string of the molecule is CC[C@H]1OC(=O)/C=C/[C@H](C)[C@@H](O[C@@H]2O[C@H](C)C[C@H](N(C)C)[C@H]2O)[C@@H](C)C[C@@H](C)C(=O)/C=C\[C@@H]2O[C@H]2[C@@H]1CO[C@@H]1O[C@H](C)[C@@H](O)[C@@H](OC)[C@H]1OC. The highest BCUT2D eigenvalue weighted by Gasteiger charge is 2.50. The van der Waals surface area contributed by atoms with Crippen LogP contribution < -0.4 is 0 Å². The fourth-order valence-electron chi connectivity index (χ4n) is 7.64. The smallest absolute Gasteiger partial charge is 0.330 e. The standard InChI is InChI=1S/C37H61NO12/c1-11-27-24(18-45-37-35(44-10)34(43-9)30(41)23(6)47-37)33-28(49-33)14-13-26(39)20(3)16-21(4)32(19(2)12-15-29(40)48-27)50-36-31(42)25(38(7)8)17-22(5)46-36/h12-15,19-25,27-28,30-37,41-42H,11,16-18H2,1-10H3/b14-13-,15-12+/t19-,20+,21-,22+,23+,24+,25-,27+,28-,30+,31+,32+,33-,34+,35+,36-,37+/m0/s1. The van der Waals surface area contributed by atoms with E-state index in [1.165, 1.54) is 20.3 Å². The molecule has 0 amide bonds. The molecule has 0 spiro atoms. The molecule has 4 heterocycles. The molecule has 0 aromatic heterocycles. The van der Waals surface area contributed by atoms with Crippen molar-refractivity contribution in [2.24, 2.45) is 23.7 Å². The highest BCUT2D eigenvalue weighted by molar-refractivity contribution is 5.91. The number of hydrogen-bond donors (Lipinski definition) is 2. The van der Waals surface area contributed by atoms with Crippen LogP contribution in [0.3, 0.4) is 0 Å². The third kappa shape index (κ3) is 10.00. The number of aliphatic hydroxyl groups excluding tert-OH is 2. The Hall–Kier alpha value is -1.78. The molecule has 13 nitrogen and oxygen atoms in total. The Morgan fingerprint density at radius 3 is 2.20 bits per heavy atom. The lowest BCUT2D eigenvalue weighted by Gasteiger charge is -2.43. The molecule has 17 atom stereocenters. The highest BCUT2D eigenvalue weighted by Crippen LogP contribution is 2.37. The predicted molar refractivity (Wildman–Crippen MR) is 183 cm³/mol. The fourth-order valence-corrected chi connectivity index (χ4v) is 7.64. The van der Waals surface area contributed by atoms with Crippen molar-refractivity contribution >= 4 is 11.8 Å². The largest absolute Gasteiger partial charge is 0.459 e. The normalized spacial score (nSPS) is 46.2. The van der Waals surface area contributed by atoms with Gasteiger partial charge in [-0.1, -0.05) is 33.8 Å². The van der Waals surface area contributed by atoms with Crippen molar-refractivity contribution in [2.45, 2.75) is 140 Å². The third-order valence-electron chi connectivity index (χ3n) is 10.7. The molecule has 0 aliphatic carbocycles. The molecule has 3 saturated heterocycles. The summed E-state index contributed by atoms with van der Waals surface area (Å²) < 4.78 is 48.1. The molecule has 4 aliphatic rings. The average Bonchev–Trinajstić information content (AvgIpc) is 3.85. The number of epoxide rings is 1. The zero-order chi connectivity index (χ0) is 36.9. The number of carbonyl (C=O) groups excluding carboxylic acids is 2. The van der Waals surface area contributed by atoms with Gasteiger partial charge in [-0.05, 0) is 65.3 Å². The number of ether oxygens (including phenoxy) is 8. The number of cyclic esters (lactones) is 1. The summed E-state index contributed by atoms with van der Waals surface area (Å²) in [5.41, 5.74) is 0. The van der Waals surface area contributed by atoms with Crippen LogP contribution in [0.4, 0.5) is 0 Å². The number of aliphatic hydroxyl groups is 2. The molecule has 3 fully saturated rings. The van der Waals surface area contributed by atoms with Crippen LogP contribution in [0.1, 0.15) is 60.8 Å². The lowest BCUT2D eigenvalue weighted by Crippen LogP contribution is -2.59. The Bertz CT molecular complexity index is 1170. The maximum Gasteiger partial charge on any atom is 0.330 e. The van der Waals surface area contributed by atoms with Gasteiger partial charge in [0.1, 0.15) is 36.6 Å². The Morgan fingerprint density at radius 1 is 0.860 bits per heavy atom. The number of ketones is 1. The van der Waals surface area contributed by atoms with Gasteiger partial charge in [0.05, 0.1) is 31.0 Å². The monoisotopic (exact) mass is 711 g/mol. The highest BCUT2D eigenvalue weighted by atomic mass is 16.7. The number of fused-ring (bicyclic) bond motifs is 1. The lowest BCUT2D eigenvalue weighted by molar-refractivity contribution is -0.305. The number of likely N-dealkylation sites (N-methyl/N-ethyl adjacent to an activating group) is 1. The summed E-state index contributed by atoms with van der Waals surface area (Å²) in [5.74, 6) is -1.66. The summed E-state index contributed by atoms with van der Waals surface area (Å²) in [6, 6.07) is -0.144. The second kappa shape index (κ2) is 18.3. The first-order valence-electron chi connectivity index (χ1n) is 18.1. The minimum atomic E-state index is -0.904. The second-order valence-corrected chi connectivity index (χ2v) is 14.8. The van der Waals surface area contributed by atoms with Crippen molar-refractivity contribution in [1.29, 1.82) is 0 Å². The van der Waals surface area contributed by atoms with Crippen LogP contribution in [0.15, 0.2) is 24.3 Å². The van der Waals surface area contributed by atoms with Gasteiger partial charge in [-0.3, -0.25) is 4.79 Å². The molecule has 0 radical (unpaired) electrons. The second-order valence-electron chi connectivity index (χ2n) is 14.8. The van der Waals surface area contributed by atoms with E-state index in [1.807, 2.05) is 53.6 Å². The number of carbonyl (C=O) groups is 2. The molecule has 4 rings (SSSR count). The maximum absolute atomic E-state index is 13.4. The molecule has 0 saturated carbocycles. The van der Waals surface area contributed by atoms with Gasteiger partial charge in [0, 0.05) is 44.1 Å². The van der Waals surface area contributed by atoms with E-state index in [4.69, 9.17) is 37.9 Å². The van der Waals surface area contributed by atoms with Gasteiger partial charge in [-0.2, -0.15) is 0 Å². The van der Waals surface area contributed by atoms with E-state index in [9.17, 15) is 19.8 Å². The molecule has 0 aromatic rings. The first kappa shape index (κ1) is 41.0. The predicted octanol–water partition coefficient (Wildman–Crippen LogP) is 2.65. The van der Waals surface area contributed by atoms with Crippen LogP contribution in [-0.4, -0.2) is 141 Å². The van der Waals surface area contributed by atoms with Crippen molar-refractivity contribution in [3.63, 3.8) is 0 Å². The zero-order valence-electron chi connectivity index (χ0n) is 31.4. The van der Waals surface area contributed by atoms with E-state index in [0.717, 1.165) is 0 Å². The molecule has 0 aromatic carbocycles. The molecular weight excluding hydrogens is 650 g/mol. The van der Waals surface area contributed by atoms with E-state index in [0.29, 0.717) is 19.3 Å². The Kier molecular flexibility index (Phi) is 15.0. The Morgan fingerprint density at radius 2 is 1.56 bits per heavy atom. The van der Waals surface area contributed by atoms with Crippen LogP contribution in [0, 0.1) is 23.7 Å². The van der Waals surface area contributed by atoms with Crippen molar-refractivity contribution < 1.29 is 57.7 Å². The zero-order valence-corrected chi connectivity index (χ0v) is 31.4. The van der Waals surface area contributed by atoms with Crippen LogP contribution in [0.25, 0.3) is 0 Å². The summed E-state index contributed by atoms with van der Waals surface area (Å²) in [5, 5.41) is 21.8. The van der Waals surface area contributed by atoms with Crippen LogP contribution in [0.2, 0.25) is 0 Å². The van der Waals surface area contributed by atoms with E-state index < -0.39 is 67.2 Å². The van der Waals surface area contributed by atoms with Gasteiger partial charge in [0.25, 0.3) is 0 Å². The first-order chi connectivity index (χ1) is 23.7. The molecule has 2 N–H and O–H groups in total. The minimum Gasteiger partial charge on any atom is -0.459 e. The van der Waals surface area contributed by atoms with E-state index in [1.54, 1.807) is 25.2 Å². The summed E-state index contributed by atoms with van der Waals surface area (Å²) in [4.78, 5) is 28.7. The molecular formula is C37H61NO12. The van der Waals surface area contributed by atoms with Crippen molar-refractivity contribution in [3.05, 3.63) is 24.3 Å². The van der Waals surface area contributed by atoms with E-state index in [2.05, 4.69) is 0 Å². The lowest BCUT2D eigenvalue weighted by atomic mass is 9.84. The van der Waals surface area contributed by atoms with Gasteiger partial charge in [0.15, 0.2) is 18.4 Å². The summed E-state index contributed by atoms with van der Waals surface area (Å²) in [7, 11) is 6.85. The first-order valence-corrected chi connectivity index (χ1v) is 18.1. The van der Waals surface area contributed by atoms with Crippen LogP contribution >= 0.6 is 0 Å². The van der Waals surface area contributed by atoms with Crippen molar-refractivity contribution in [2.75, 3.05) is 34.9 Å². The molecule has 4 aliphatic heterocycles. The summed E-state index contributed by atoms with van der Waals surface area (Å²) >= 11 is 0. The number of methoxy groups -OCH3 is 2. The number of rotatable bonds is 9. The van der Waals surface area contributed by atoms with Crippen molar-refractivity contribution in [1.82, 2.24) is 4.90 Å². The molecule has 50 heavy (non-hydrogen) atoms. The fraction of sp³-hybridized carbons (Fsp3) is 0.838. The van der Waals surface area contributed by atoms with Crippen LogP contribution in [-0.2, 0) is 47.5 Å². The van der Waals surface area contributed by atoms with Crippen molar-refractivity contribution in [3.8, 4) is 0 Å². The molecule has 0 unspecified atom stereocenters. The minimum absolute atomic E-state index is 0.0293. The van der Waals surface area contributed by atoms with E-state index in [-0.39, 0.29) is 54.5 Å². The van der Waals surface area contributed by atoms with Gasteiger partial charge < -0.3 is 53.0 Å². The summed E-state index contributed by atoms with van der Waals surface area (Å²) in [6.07, 6.45) is 0.848. The Labute approximate surface area is 297 Å². The third-order valence-corrected chi connectivity index (χ3v) is 10.7. The topological polar surface area (TPSA) is 155 Å². The quantitative estimate of drug-likeness (QED) is 0.266. The number of nitrogens with zero attached hydrogens (tertiary/aromatic N) is 1. The van der Waals surface area contributed by atoms with Crippen LogP contribution in [0.5, 0.6) is 0 Å².